The number of phenols is 1. The van der Waals surface area contributed by atoms with E-state index >= 15 is 0 Å². The number of phenolic OH excluding ortho intramolecular Hbond substituents is 1. The average Bonchev–Trinajstić information content (AvgIpc) is 3.37. The summed E-state index contributed by atoms with van der Waals surface area (Å²) in [4.78, 5) is 2.58. The summed E-state index contributed by atoms with van der Waals surface area (Å²) in [6.07, 6.45) is 6.09. The molecule has 3 fully saturated rings. The number of aliphatic hydroxyl groups is 1. The van der Waals surface area contributed by atoms with E-state index in [4.69, 9.17) is 4.74 Å². The van der Waals surface area contributed by atoms with Crippen LogP contribution in [0.4, 0.5) is 0 Å². The molecule has 140 valence electrons. The third-order valence-corrected chi connectivity index (χ3v) is 8.13. The number of piperidine rings is 1. The quantitative estimate of drug-likeness (QED) is 0.767. The van der Waals surface area contributed by atoms with E-state index < -0.39 is 5.60 Å². The predicted octanol–water partition coefficient (Wildman–Crippen LogP) is 1.54. The van der Waals surface area contributed by atoms with Gasteiger partial charge in [0.2, 0.25) is 0 Å². The lowest BCUT2D eigenvalue weighted by Gasteiger charge is -2.64. The fourth-order valence-electron chi connectivity index (χ4n) is 6.78. The molecular weight excluding hydrogens is 328 g/mol. The molecule has 2 bridgehead atoms. The van der Waals surface area contributed by atoms with Crippen molar-refractivity contribution >= 4 is 0 Å². The molecule has 26 heavy (non-hydrogen) atoms. The molecule has 0 amide bonds. The SMILES string of the molecule is CN[C@@H]1CC[C@@]2(O)[C@@H]3Cc4ccc(O)c5c4[C@@]2(CCN3CC2CC2)[C@H]1O5. The molecule has 3 N–H and O–H groups in total. The van der Waals surface area contributed by atoms with Crippen LogP contribution in [0.25, 0.3) is 0 Å². The summed E-state index contributed by atoms with van der Waals surface area (Å²) >= 11 is 0. The zero-order valence-corrected chi connectivity index (χ0v) is 15.4. The van der Waals surface area contributed by atoms with Gasteiger partial charge in [-0.15, -0.1) is 0 Å². The molecule has 3 aliphatic carbocycles. The van der Waals surface area contributed by atoms with Gasteiger partial charge < -0.3 is 20.3 Å². The van der Waals surface area contributed by atoms with Crippen molar-refractivity contribution in [3.8, 4) is 11.5 Å². The van der Waals surface area contributed by atoms with Crippen molar-refractivity contribution in [1.29, 1.82) is 0 Å². The maximum absolute atomic E-state index is 12.2. The summed E-state index contributed by atoms with van der Waals surface area (Å²) in [5.74, 6) is 1.69. The minimum atomic E-state index is -0.760. The zero-order chi connectivity index (χ0) is 17.7. The molecule has 0 radical (unpaired) electrons. The molecule has 2 heterocycles. The van der Waals surface area contributed by atoms with Gasteiger partial charge in [0.25, 0.3) is 0 Å². The first kappa shape index (κ1) is 15.7. The molecule has 5 aliphatic rings. The highest BCUT2D eigenvalue weighted by Gasteiger charge is 2.72. The number of likely N-dealkylation sites (tertiary alicyclic amines) is 1. The Morgan fingerprint density at radius 1 is 1.27 bits per heavy atom. The number of likely N-dealkylation sites (N-methyl/N-ethyl adjacent to an activating group) is 1. The number of nitrogens with zero attached hydrogens (tertiary/aromatic N) is 1. The molecule has 1 saturated heterocycles. The van der Waals surface area contributed by atoms with Gasteiger partial charge in [-0.1, -0.05) is 6.07 Å². The molecular formula is C21H28N2O3. The normalized spacial score (nSPS) is 43.1. The average molecular weight is 356 g/mol. The van der Waals surface area contributed by atoms with Gasteiger partial charge >= 0.3 is 0 Å². The number of hydrogen-bond donors (Lipinski definition) is 3. The summed E-state index contributed by atoms with van der Waals surface area (Å²) in [5, 5.41) is 26.1. The topological polar surface area (TPSA) is 65.0 Å². The highest BCUT2D eigenvalue weighted by molar-refractivity contribution is 5.62. The Bertz CT molecular complexity index is 779. The fourth-order valence-corrected chi connectivity index (χ4v) is 6.78. The molecule has 1 aromatic rings. The van der Waals surface area contributed by atoms with Crippen LogP contribution in [0.3, 0.4) is 0 Å². The minimum absolute atomic E-state index is 0.0980. The second kappa shape index (κ2) is 4.94. The summed E-state index contributed by atoms with van der Waals surface area (Å²) in [5.41, 5.74) is 1.25. The second-order valence-corrected chi connectivity index (χ2v) is 9.22. The van der Waals surface area contributed by atoms with Gasteiger partial charge in [0, 0.05) is 24.2 Å². The highest BCUT2D eigenvalue weighted by Crippen LogP contribution is 2.65. The van der Waals surface area contributed by atoms with Gasteiger partial charge in [0.15, 0.2) is 11.5 Å². The van der Waals surface area contributed by atoms with Gasteiger partial charge in [0.05, 0.1) is 11.0 Å². The lowest BCUT2D eigenvalue weighted by molar-refractivity contribution is -0.191. The van der Waals surface area contributed by atoms with E-state index in [1.165, 1.54) is 18.4 Å². The van der Waals surface area contributed by atoms with E-state index in [1.54, 1.807) is 6.07 Å². The Kier molecular flexibility index (Phi) is 2.99. The van der Waals surface area contributed by atoms with Crippen LogP contribution in [-0.4, -0.2) is 59.0 Å². The van der Waals surface area contributed by atoms with Crippen LogP contribution >= 0.6 is 0 Å². The van der Waals surface area contributed by atoms with Crippen molar-refractivity contribution < 1.29 is 14.9 Å². The molecule has 1 aromatic carbocycles. The van der Waals surface area contributed by atoms with Crippen molar-refractivity contribution in [2.24, 2.45) is 5.92 Å². The Morgan fingerprint density at radius 3 is 2.88 bits per heavy atom. The summed E-state index contributed by atoms with van der Waals surface area (Å²) in [6.45, 7) is 2.15. The van der Waals surface area contributed by atoms with Crippen molar-refractivity contribution in [2.45, 2.75) is 67.7 Å². The van der Waals surface area contributed by atoms with Crippen LogP contribution in [0.1, 0.15) is 43.2 Å². The van der Waals surface area contributed by atoms with Crippen LogP contribution in [0.2, 0.25) is 0 Å². The fraction of sp³-hybridized carbons (Fsp3) is 0.714. The van der Waals surface area contributed by atoms with E-state index in [9.17, 15) is 10.2 Å². The van der Waals surface area contributed by atoms with Gasteiger partial charge in [0.1, 0.15) is 6.10 Å². The van der Waals surface area contributed by atoms with Gasteiger partial charge in [-0.2, -0.15) is 0 Å². The summed E-state index contributed by atoms with van der Waals surface area (Å²) in [7, 11) is 1.99. The molecule has 5 atom stereocenters. The Labute approximate surface area is 154 Å². The second-order valence-electron chi connectivity index (χ2n) is 9.22. The van der Waals surface area contributed by atoms with Gasteiger partial charge in [-0.3, -0.25) is 4.90 Å². The molecule has 1 spiro atoms. The smallest absolute Gasteiger partial charge is 0.165 e. The van der Waals surface area contributed by atoms with Gasteiger partial charge in [-0.05, 0) is 69.7 Å². The van der Waals surface area contributed by atoms with E-state index in [-0.39, 0.29) is 29.4 Å². The van der Waals surface area contributed by atoms with Gasteiger partial charge in [-0.25, -0.2) is 0 Å². The van der Waals surface area contributed by atoms with Crippen LogP contribution in [-0.2, 0) is 11.8 Å². The minimum Gasteiger partial charge on any atom is -0.504 e. The van der Waals surface area contributed by atoms with Crippen molar-refractivity contribution in [2.75, 3.05) is 20.1 Å². The first-order valence-electron chi connectivity index (χ1n) is 10.2. The lowest BCUT2D eigenvalue weighted by atomic mass is 9.48. The molecule has 0 aromatic heterocycles. The van der Waals surface area contributed by atoms with Crippen molar-refractivity contribution in [3.63, 3.8) is 0 Å². The number of aromatic hydroxyl groups is 1. The first-order chi connectivity index (χ1) is 12.6. The van der Waals surface area contributed by atoms with Crippen LogP contribution in [0.15, 0.2) is 12.1 Å². The molecule has 5 heteroatoms. The van der Waals surface area contributed by atoms with Crippen LogP contribution < -0.4 is 10.1 Å². The van der Waals surface area contributed by atoms with E-state index in [2.05, 4.69) is 16.3 Å². The first-order valence-corrected chi connectivity index (χ1v) is 10.2. The third-order valence-electron chi connectivity index (χ3n) is 8.13. The maximum Gasteiger partial charge on any atom is 0.165 e. The molecule has 0 unspecified atom stereocenters. The monoisotopic (exact) mass is 356 g/mol. The molecule has 2 aliphatic heterocycles. The maximum atomic E-state index is 12.2. The molecule has 2 saturated carbocycles. The largest absolute Gasteiger partial charge is 0.504 e. The number of benzene rings is 1. The Balaban J connectivity index is 1.55. The standard InChI is InChI=1S/C21H28N2O3/c1-22-14-6-7-21(25)16-10-13-4-5-15(24)18-17(13)20(21,19(14)26-18)8-9-23(16)11-12-2-3-12/h4-5,12,14,16,19,22,24-25H,2-3,6-11H2,1H3/t14-,16+,19+,20+,21-/m1/s1. The third kappa shape index (κ3) is 1.68. The Morgan fingerprint density at radius 2 is 2.12 bits per heavy atom. The van der Waals surface area contributed by atoms with Crippen molar-refractivity contribution in [1.82, 2.24) is 10.2 Å². The molecule has 6 rings (SSSR count). The van der Waals surface area contributed by atoms with Crippen LogP contribution in [0, 0.1) is 5.92 Å². The van der Waals surface area contributed by atoms with Crippen LogP contribution in [0.5, 0.6) is 11.5 Å². The number of ether oxygens (including phenoxy) is 1. The van der Waals surface area contributed by atoms with E-state index in [0.717, 1.165) is 50.3 Å². The predicted molar refractivity (Wildman–Crippen MR) is 97.6 cm³/mol. The highest BCUT2D eigenvalue weighted by atomic mass is 16.5. The van der Waals surface area contributed by atoms with E-state index in [1.807, 2.05) is 7.05 Å². The lowest BCUT2D eigenvalue weighted by Crippen LogP contribution is -2.78. The zero-order valence-electron chi connectivity index (χ0n) is 15.4. The number of rotatable bonds is 3. The number of hydrogen-bond acceptors (Lipinski definition) is 5. The number of nitrogens with one attached hydrogen (secondary N) is 1. The van der Waals surface area contributed by atoms with Crippen molar-refractivity contribution in [3.05, 3.63) is 23.3 Å². The Hall–Kier alpha value is -1.30. The molecule has 5 nitrogen and oxygen atoms in total. The summed E-state index contributed by atoms with van der Waals surface area (Å²) in [6, 6.07) is 4.23. The van der Waals surface area contributed by atoms with E-state index in [0.29, 0.717) is 5.75 Å². The summed E-state index contributed by atoms with van der Waals surface area (Å²) < 4.78 is 6.42.